The molecule has 2 heterocycles. The van der Waals surface area contributed by atoms with Crippen LogP contribution in [0.25, 0.3) is 15.9 Å². The molecule has 12 heteroatoms. The summed E-state index contributed by atoms with van der Waals surface area (Å²) < 4.78 is 9.68. The van der Waals surface area contributed by atoms with E-state index in [1.54, 1.807) is 24.3 Å². The van der Waals surface area contributed by atoms with E-state index in [4.69, 9.17) is 16.3 Å². The lowest BCUT2D eigenvalue weighted by atomic mass is 10.1. The van der Waals surface area contributed by atoms with E-state index in [1.807, 2.05) is 71.3 Å². The van der Waals surface area contributed by atoms with Crippen LogP contribution in [0.15, 0.2) is 100 Å². The number of benzene rings is 4. The summed E-state index contributed by atoms with van der Waals surface area (Å²) in [5.74, 6) is 1.64. The Bertz CT molecular complexity index is 2010. The smallest absolute Gasteiger partial charge is 0.234 e. The van der Waals surface area contributed by atoms with Crippen molar-refractivity contribution in [1.82, 2.24) is 19.7 Å². The topological polar surface area (TPSA) is 99.0 Å². The van der Waals surface area contributed by atoms with Crippen LogP contribution < -0.4 is 10.1 Å². The first-order valence-electron chi connectivity index (χ1n) is 14.3. The Kier molecular flexibility index (Phi) is 10.0. The van der Waals surface area contributed by atoms with Crippen LogP contribution in [0.2, 0.25) is 5.02 Å². The van der Waals surface area contributed by atoms with Crippen molar-refractivity contribution in [3.8, 4) is 11.4 Å². The Morgan fingerprint density at radius 1 is 0.891 bits per heavy atom. The molecule has 6 rings (SSSR count). The van der Waals surface area contributed by atoms with Gasteiger partial charge in [-0.1, -0.05) is 59.4 Å². The number of Topliss-reactive ketones (excluding diaryl/α,β-unsaturated/α-hetero) is 1. The summed E-state index contributed by atoms with van der Waals surface area (Å²) >= 11 is 10.1. The number of aryl methyl sites for hydroxylation is 2. The van der Waals surface area contributed by atoms with E-state index in [0.717, 1.165) is 31.6 Å². The van der Waals surface area contributed by atoms with Crippen molar-refractivity contribution < 1.29 is 14.3 Å². The van der Waals surface area contributed by atoms with E-state index < -0.39 is 0 Å². The fourth-order valence-electron chi connectivity index (χ4n) is 4.49. The highest BCUT2D eigenvalue weighted by molar-refractivity contribution is 8.01. The number of carbonyl (C=O) groups is 2. The number of fused-ring (bicyclic) bond motifs is 1. The molecule has 0 aliphatic carbocycles. The Balaban J connectivity index is 1.08. The molecular weight excluding hydrogens is 658 g/mol. The maximum absolute atomic E-state index is 13.0. The first-order valence-corrected chi connectivity index (χ1v) is 17.4. The van der Waals surface area contributed by atoms with Crippen molar-refractivity contribution in [1.29, 1.82) is 0 Å². The molecule has 0 atom stereocenters. The molecule has 0 spiro atoms. The Labute approximate surface area is 283 Å². The van der Waals surface area contributed by atoms with E-state index in [-0.39, 0.29) is 29.8 Å². The standard InChI is InChI=1S/C34H28ClN5O3S3/c1-21-8-14-27(16-22(21)2)43-18-31-38-39-33(40(31)26-6-4-3-5-7-26)44-20-32(42)36-25-13-15-28-30(17-25)46-34(37-28)45-19-29(41)23-9-11-24(35)12-10-23/h3-17H,18-20H2,1-2H3,(H,36,42). The van der Waals surface area contributed by atoms with Crippen LogP contribution in [0.3, 0.4) is 0 Å². The average Bonchev–Trinajstić information content (AvgIpc) is 3.67. The van der Waals surface area contributed by atoms with Gasteiger partial charge in [0.2, 0.25) is 5.91 Å². The third-order valence-corrected chi connectivity index (χ3v) is 10.4. The van der Waals surface area contributed by atoms with Crippen molar-refractivity contribution in [2.45, 2.75) is 30.0 Å². The number of halogens is 1. The normalized spacial score (nSPS) is 11.1. The molecule has 0 bridgehead atoms. The number of para-hydroxylation sites is 1. The molecule has 0 fully saturated rings. The molecule has 0 unspecified atom stereocenters. The lowest BCUT2D eigenvalue weighted by Crippen LogP contribution is -2.14. The van der Waals surface area contributed by atoms with Crippen molar-refractivity contribution >= 4 is 74.1 Å². The van der Waals surface area contributed by atoms with Gasteiger partial charge in [-0.3, -0.25) is 14.2 Å². The number of nitrogens with zero attached hydrogens (tertiary/aromatic N) is 4. The zero-order valence-corrected chi connectivity index (χ0v) is 28.1. The van der Waals surface area contributed by atoms with Gasteiger partial charge in [0, 0.05) is 22.0 Å². The van der Waals surface area contributed by atoms with Crippen molar-refractivity contribution in [3.63, 3.8) is 0 Å². The third kappa shape index (κ3) is 7.79. The van der Waals surface area contributed by atoms with Crippen LogP contribution in [0.1, 0.15) is 27.3 Å². The summed E-state index contributed by atoms with van der Waals surface area (Å²) in [7, 11) is 0. The number of hydrogen-bond acceptors (Lipinski definition) is 9. The van der Waals surface area contributed by atoms with E-state index in [9.17, 15) is 9.59 Å². The molecule has 6 aromatic rings. The fraction of sp³-hybridized carbons (Fsp3) is 0.147. The van der Waals surface area contributed by atoms with Crippen molar-refractivity contribution in [3.05, 3.63) is 119 Å². The number of carbonyl (C=O) groups excluding carboxylic acids is 2. The summed E-state index contributed by atoms with van der Waals surface area (Å²) in [6, 6.07) is 28.2. The summed E-state index contributed by atoms with van der Waals surface area (Å²) in [6.07, 6.45) is 0. The molecule has 1 N–H and O–H groups in total. The van der Waals surface area contributed by atoms with Gasteiger partial charge < -0.3 is 10.1 Å². The molecule has 2 aromatic heterocycles. The molecule has 0 saturated heterocycles. The average molecular weight is 686 g/mol. The molecule has 0 aliphatic rings. The minimum absolute atomic E-state index is 0.00969. The molecule has 46 heavy (non-hydrogen) atoms. The predicted octanol–water partition coefficient (Wildman–Crippen LogP) is 8.43. The van der Waals surface area contributed by atoms with Gasteiger partial charge in [0.1, 0.15) is 12.4 Å². The fourth-order valence-corrected chi connectivity index (χ4v) is 7.39. The summed E-state index contributed by atoms with van der Waals surface area (Å²) in [4.78, 5) is 30.2. The first kappa shape index (κ1) is 31.8. The number of hydrogen-bond donors (Lipinski definition) is 1. The van der Waals surface area contributed by atoms with Crippen LogP contribution in [-0.2, 0) is 11.4 Å². The number of rotatable bonds is 12. The van der Waals surface area contributed by atoms with Crippen LogP contribution in [0.5, 0.6) is 5.75 Å². The highest BCUT2D eigenvalue weighted by atomic mass is 35.5. The molecular formula is C34H28ClN5O3S3. The molecule has 0 aliphatic heterocycles. The number of thiazole rings is 1. The number of amides is 1. The van der Waals surface area contributed by atoms with E-state index in [0.29, 0.717) is 27.3 Å². The maximum Gasteiger partial charge on any atom is 0.234 e. The number of ether oxygens (including phenoxy) is 1. The number of ketones is 1. The van der Waals surface area contributed by atoms with Crippen molar-refractivity contribution in [2.75, 3.05) is 16.8 Å². The van der Waals surface area contributed by atoms with Gasteiger partial charge in [0.15, 0.2) is 21.1 Å². The van der Waals surface area contributed by atoms with Gasteiger partial charge in [-0.05, 0) is 91.7 Å². The second-order valence-corrected chi connectivity index (χ2v) is 14.0. The van der Waals surface area contributed by atoms with Crippen molar-refractivity contribution in [2.24, 2.45) is 0 Å². The summed E-state index contributed by atoms with van der Waals surface area (Å²) in [5.41, 5.74) is 5.33. The predicted molar refractivity (Wildman–Crippen MR) is 187 cm³/mol. The number of aromatic nitrogens is 4. The van der Waals surface area contributed by atoms with Crippen LogP contribution >= 0.6 is 46.5 Å². The lowest BCUT2D eigenvalue weighted by molar-refractivity contribution is -0.113. The van der Waals surface area contributed by atoms with Crippen LogP contribution in [0.4, 0.5) is 5.69 Å². The van der Waals surface area contributed by atoms with Gasteiger partial charge in [0.25, 0.3) is 0 Å². The SMILES string of the molecule is Cc1ccc(OCc2nnc(SCC(=O)Nc3ccc4nc(SCC(=O)c5ccc(Cl)cc5)sc4c3)n2-c2ccccc2)cc1C. The van der Waals surface area contributed by atoms with E-state index in [2.05, 4.69) is 34.3 Å². The Morgan fingerprint density at radius 3 is 2.48 bits per heavy atom. The minimum atomic E-state index is -0.174. The molecule has 1 amide bonds. The minimum Gasteiger partial charge on any atom is -0.486 e. The van der Waals surface area contributed by atoms with E-state index in [1.165, 1.54) is 40.4 Å². The molecule has 4 aromatic carbocycles. The number of anilines is 1. The monoisotopic (exact) mass is 685 g/mol. The number of thioether (sulfide) groups is 2. The first-order chi connectivity index (χ1) is 22.3. The summed E-state index contributed by atoms with van der Waals surface area (Å²) in [5, 5.41) is 12.9. The van der Waals surface area contributed by atoms with Crippen LogP contribution in [-0.4, -0.2) is 42.9 Å². The highest BCUT2D eigenvalue weighted by Crippen LogP contribution is 2.32. The van der Waals surface area contributed by atoms with Gasteiger partial charge in [0.05, 0.1) is 21.7 Å². The summed E-state index contributed by atoms with van der Waals surface area (Å²) in [6.45, 7) is 4.34. The lowest BCUT2D eigenvalue weighted by Gasteiger charge is -2.12. The second kappa shape index (κ2) is 14.5. The highest BCUT2D eigenvalue weighted by Gasteiger charge is 2.17. The number of nitrogens with one attached hydrogen (secondary N) is 1. The van der Waals surface area contributed by atoms with Gasteiger partial charge in [-0.25, -0.2) is 4.98 Å². The second-order valence-electron chi connectivity index (χ2n) is 10.3. The quantitative estimate of drug-likeness (QED) is 0.101. The van der Waals surface area contributed by atoms with Gasteiger partial charge >= 0.3 is 0 Å². The van der Waals surface area contributed by atoms with Gasteiger partial charge in [-0.2, -0.15) is 0 Å². The largest absolute Gasteiger partial charge is 0.486 e. The van der Waals surface area contributed by atoms with Crippen LogP contribution in [0, 0.1) is 13.8 Å². The van der Waals surface area contributed by atoms with E-state index >= 15 is 0 Å². The molecule has 0 radical (unpaired) electrons. The molecule has 0 saturated carbocycles. The third-order valence-electron chi connectivity index (χ3n) is 7.04. The van der Waals surface area contributed by atoms with Gasteiger partial charge in [-0.15, -0.1) is 21.5 Å². The molecule has 8 nitrogen and oxygen atoms in total. The molecule has 232 valence electrons. The zero-order valence-electron chi connectivity index (χ0n) is 24.9. The maximum atomic E-state index is 13.0. The zero-order chi connectivity index (χ0) is 32.0. The Morgan fingerprint density at radius 2 is 1.70 bits per heavy atom. The Hall–Kier alpha value is -4.16.